The smallest absolute Gasteiger partial charge is 0.120 e. The van der Waals surface area contributed by atoms with Crippen LogP contribution in [0.2, 0.25) is 15.1 Å². The molecule has 0 bridgehead atoms. The molecule has 1 atom stereocenters. The van der Waals surface area contributed by atoms with Gasteiger partial charge in [0.05, 0.1) is 0 Å². The highest BCUT2D eigenvalue weighted by molar-refractivity contribution is 6.33. The lowest BCUT2D eigenvalue weighted by molar-refractivity contribution is 0.108. The standard InChI is InChI=1S/C14H11Cl3O2/c15-9-2-1-3-11(6-9)19-8-14(18)12-7-10(16)4-5-13(12)17/h1-7,14,18H,8H2. The zero-order valence-corrected chi connectivity index (χ0v) is 12.1. The third-order valence-corrected chi connectivity index (χ3v) is 3.34. The molecule has 0 heterocycles. The average molecular weight is 318 g/mol. The van der Waals surface area contributed by atoms with E-state index in [-0.39, 0.29) is 6.61 Å². The molecular weight excluding hydrogens is 307 g/mol. The zero-order chi connectivity index (χ0) is 13.8. The molecule has 0 aliphatic rings. The number of halogens is 3. The summed E-state index contributed by atoms with van der Waals surface area (Å²) in [5.41, 5.74) is 0.538. The fraction of sp³-hybridized carbons (Fsp3) is 0.143. The summed E-state index contributed by atoms with van der Waals surface area (Å²) in [7, 11) is 0. The van der Waals surface area contributed by atoms with Crippen molar-refractivity contribution in [2.24, 2.45) is 0 Å². The minimum Gasteiger partial charge on any atom is -0.490 e. The summed E-state index contributed by atoms with van der Waals surface area (Å²) in [5.74, 6) is 0.588. The maximum Gasteiger partial charge on any atom is 0.120 e. The molecule has 2 rings (SSSR count). The van der Waals surface area contributed by atoms with Gasteiger partial charge in [-0.05, 0) is 36.4 Å². The van der Waals surface area contributed by atoms with E-state index in [9.17, 15) is 5.11 Å². The first-order valence-corrected chi connectivity index (χ1v) is 6.71. The SMILES string of the molecule is OC(COc1cccc(Cl)c1)c1cc(Cl)ccc1Cl. The summed E-state index contributed by atoms with van der Waals surface area (Å²) in [4.78, 5) is 0. The van der Waals surface area contributed by atoms with Crippen LogP contribution in [0, 0.1) is 0 Å². The highest BCUT2D eigenvalue weighted by Crippen LogP contribution is 2.27. The van der Waals surface area contributed by atoms with Gasteiger partial charge in [-0.2, -0.15) is 0 Å². The van der Waals surface area contributed by atoms with Crippen molar-refractivity contribution in [3.05, 3.63) is 63.1 Å². The van der Waals surface area contributed by atoms with Crippen molar-refractivity contribution in [3.8, 4) is 5.75 Å². The fourth-order valence-electron chi connectivity index (χ4n) is 1.59. The van der Waals surface area contributed by atoms with Crippen molar-refractivity contribution < 1.29 is 9.84 Å². The van der Waals surface area contributed by atoms with E-state index in [2.05, 4.69) is 0 Å². The van der Waals surface area contributed by atoms with Crippen LogP contribution in [-0.4, -0.2) is 11.7 Å². The number of ether oxygens (including phenoxy) is 1. The van der Waals surface area contributed by atoms with Gasteiger partial charge in [0.15, 0.2) is 0 Å². The number of hydrogen-bond donors (Lipinski definition) is 1. The van der Waals surface area contributed by atoms with Gasteiger partial charge < -0.3 is 9.84 Å². The van der Waals surface area contributed by atoms with Gasteiger partial charge in [-0.15, -0.1) is 0 Å². The van der Waals surface area contributed by atoms with Gasteiger partial charge in [-0.25, -0.2) is 0 Å². The molecule has 0 saturated heterocycles. The largest absolute Gasteiger partial charge is 0.490 e. The molecule has 0 aliphatic heterocycles. The lowest BCUT2D eigenvalue weighted by atomic mass is 10.1. The predicted octanol–water partition coefficient (Wildman–Crippen LogP) is 4.76. The molecule has 100 valence electrons. The second-order valence-electron chi connectivity index (χ2n) is 3.95. The fourth-order valence-corrected chi connectivity index (χ4v) is 2.20. The molecule has 1 N–H and O–H groups in total. The van der Waals surface area contributed by atoms with E-state index in [1.807, 2.05) is 0 Å². The van der Waals surface area contributed by atoms with E-state index in [0.29, 0.717) is 26.4 Å². The minimum absolute atomic E-state index is 0.0698. The molecular formula is C14H11Cl3O2. The molecule has 5 heteroatoms. The average Bonchev–Trinajstić information content (AvgIpc) is 2.39. The molecule has 2 aromatic rings. The van der Waals surface area contributed by atoms with Crippen molar-refractivity contribution in [1.29, 1.82) is 0 Å². The lowest BCUT2D eigenvalue weighted by Crippen LogP contribution is -2.10. The number of hydrogen-bond acceptors (Lipinski definition) is 2. The van der Waals surface area contributed by atoms with Crippen molar-refractivity contribution in [3.63, 3.8) is 0 Å². The molecule has 2 aromatic carbocycles. The quantitative estimate of drug-likeness (QED) is 0.881. The Kier molecular flexibility index (Phi) is 4.94. The van der Waals surface area contributed by atoms with Crippen LogP contribution in [-0.2, 0) is 0 Å². The molecule has 0 amide bonds. The monoisotopic (exact) mass is 316 g/mol. The van der Waals surface area contributed by atoms with E-state index < -0.39 is 6.10 Å². The number of aliphatic hydroxyl groups is 1. The first kappa shape index (κ1) is 14.5. The van der Waals surface area contributed by atoms with Gasteiger partial charge in [-0.3, -0.25) is 0 Å². The Morgan fingerprint density at radius 3 is 2.47 bits per heavy atom. The van der Waals surface area contributed by atoms with Crippen molar-refractivity contribution in [1.82, 2.24) is 0 Å². The van der Waals surface area contributed by atoms with E-state index in [1.165, 1.54) is 0 Å². The van der Waals surface area contributed by atoms with Crippen LogP contribution in [0.3, 0.4) is 0 Å². The van der Waals surface area contributed by atoms with Crippen molar-refractivity contribution in [2.75, 3.05) is 6.61 Å². The Hall–Kier alpha value is -0.930. The molecule has 0 aromatic heterocycles. The second-order valence-corrected chi connectivity index (χ2v) is 5.23. The summed E-state index contributed by atoms with van der Waals surface area (Å²) in [6, 6.07) is 11.9. The molecule has 0 spiro atoms. The Morgan fingerprint density at radius 2 is 1.74 bits per heavy atom. The van der Waals surface area contributed by atoms with Crippen LogP contribution in [0.1, 0.15) is 11.7 Å². The third kappa shape index (κ3) is 4.02. The Labute approximate surface area is 126 Å². The van der Waals surface area contributed by atoms with Gasteiger partial charge in [0.1, 0.15) is 18.5 Å². The normalized spacial score (nSPS) is 12.2. The van der Waals surface area contributed by atoms with Crippen LogP contribution in [0.25, 0.3) is 0 Å². The zero-order valence-electron chi connectivity index (χ0n) is 9.82. The van der Waals surface area contributed by atoms with Crippen LogP contribution in [0.4, 0.5) is 0 Å². The summed E-state index contributed by atoms with van der Waals surface area (Å²) in [5, 5.41) is 11.6. The topological polar surface area (TPSA) is 29.5 Å². The Bertz CT molecular complexity index is 572. The van der Waals surface area contributed by atoms with Gasteiger partial charge in [-0.1, -0.05) is 40.9 Å². The molecule has 19 heavy (non-hydrogen) atoms. The van der Waals surface area contributed by atoms with Crippen LogP contribution >= 0.6 is 34.8 Å². The highest BCUT2D eigenvalue weighted by atomic mass is 35.5. The summed E-state index contributed by atoms with van der Waals surface area (Å²) >= 11 is 17.7. The molecule has 0 radical (unpaired) electrons. The maximum absolute atomic E-state index is 10.1. The van der Waals surface area contributed by atoms with Gasteiger partial charge in [0, 0.05) is 20.6 Å². The number of rotatable bonds is 4. The number of aliphatic hydroxyl groups excluding tert-OH is 1. The molecule has 1 unspecified atom stereocenters. The van der Waals surface area contributed by atoms with E-state index in [1.54, 1.807) is 42.5 Å². The highest BCUT2D eigenvalue weighted by Gasteiger charge is 2.13. The first-order valence-electron chi connectivity index (χ1n) is 5.57. The molecule has 0 fully saturated rings. The van der Waals surface area contributed by atoms with E-state index >= 15 is 0 Å². The van der Waals surface area contributed by atoms with Crippen molar-refractivity contribution in [2.45, 2.75) is 6.10 Å². The van der Waals surface area contributed by atoms with E-state index in [0.717, 1.165) is 0 Å². The van der Waals surface area contributed by atoms with E-state index in [4.69, 9.17) is 39.5 Å². The van der Waals surface area contributed by atoms with Gasteiger partial charge >= 0.3 is 0 Å². The molecule has 2 nitrogen and oxygen atoms in total. The van der Waals surface area contributed by atoms with Crippen LogP contribution in [0.15, 0.2) is 42.5 Å². The lowest BCUT2D eigenvalue weighted by Gasteiger charge is -2.14. The van der Waals surface area contributed by atoms with Crippen molar-refractivity contribution >= 4 is 34.8 Å². The Morgan fingerprint density at radius 1 is 1.00 bits per heavy atom. The Balaban J connectivity index is 2.05. The summed E-state index contributed by atoms with van der Waals surface area (Å²) in [6.45, 7) is 0.0698. The maximum atomic E-state index is 10.1. The first-order chi connectivity index (χ1) is 9.06. The number of benzene rings is 2. The van der Waals surface area contributed by atoms with Crippen LogP contribution < -0.4 is 4.74 Å². The van der Waals surface area contributed by atoms with Gasteiger partial charge in [0.2, 0.25) is 0 Å². The van der Waals surface area contributed by atoms with Crippen LogP contribution in [0.5, 0.6) is 5.75 Å². The summed E-state index contributed by atoms with van der Waals surface area (Å²) < 4.78 is 5.46. The second kappa shape index (κ2) is 6.49. The molecule has 0 saturated carbocycles. The summed E-state index contributed by atoms with van der Waals surface area (Å²) in [6.07, 6.45) is -0.856. The predicted molar refractivity (Wildman–Crippen MR) is 78.4 cm³/mol. The molecule has 0 aliphatic carbocycles. The minimum atomic E-state index is -0.856. The third-order valence-electron chi connectivity index (χ3n) is 2.52. The van der Waals surface area contributed by atoms with Gasteiger partial charge in [0.25, 0.3) is 0 Å².